The van der Waals surface area contributed by atoms with Gasteiger partial charge in [0.1, 0.15) is 5.52 Å². The van der Waals surface area contributed by atoms with Crippen LogP contribution in [0.5, 0.6) is 0 Å². The van der Waals surface area contributed by atoms with Gasteiger partial charge in [-0.15, -0.1) is 0 Å². The molecule has 2 rings (SSSR count). The number of nitrogens with zero attached hydrogens (tertiary/aromatic N) is 2. The maximum Gasteiger partial charge on any atom is 0.389 e. The van der Waals surface area contributed by atoms with Gasteiger partial charge in [-0.3, -0.25) is 4.79 Å². The van der Waals surface area contributed by atoms with E-state index >= 15 is 0 Å². The van der Waals surface area contributed by atoms with Crippen molar-refractivity contribution in [3.63, 3.8) is 0 Å². The maximum atomic E-state index is 12.0. The minimum atomic E-state index is -4.20. The van der Waals surface area contributed by atoms with E-state index in [0.717, 1.165) is 0 Å². The van der Waals surface area contributed by atoms with E-state index in [9.17, 15) is 18.0 Å². The Morgan fingerprint density at radius 3 is 2.90 bits per heavy atom. The quantitative estimate of drug-likeness (QED) is 0.847. The van der Waals surface area contributed by atoms with Crippen LogP contribution in [0.25, 0.3) is 11.2 Å². The molecule has 0 saturated carbocycles. The Morgan fingerprint density at radius 2 is 2.20 bits per heavy atom. The second-order valence-electron chi connectivity index (χ2n) is 4.39. The van der Waals surface area contributed by atoms with E-state index in [1.165, 1.54) is 6.20 Å². The van der Waals surface area contributed by atoms with Crippen molar-refractivity contribution in [1.29, 1.82) is 0 Å². The van der Waals surface area contributed by atoms with Gasteiger partial charge in [-0.25, -0.2) is 9.97 Å². The minimum Gasteiger partial charge on any atom is -0.352 e. The summed E-state index contributed by atoms with van der Waals surface area (Å²) in [5.74, 6) is -0.460. The largest absolute Gasteiger partial charge is 0.389 e. The third-order valence-electron chi connectivity index (χ3n) is 2.67. The summed E-state index contributed by atoms with van der Waals surface area (Å²) in [4.78, 5) is 22.9. The molecule has 5 nitrogen and oxygen atoms in total. The fourth-order valence-electron chi connectivity index (χ4n) is 1.74. The van der Waals surface area contributed by atoms with Gasteiger partial charge in [0, 0.05) is 19.2 Å². The summed E-state index contributed by atoms with van der Waals surface area (Å²) in [5.41, 5.74) is 1.82. The monoisotopic (exact) mass is 286 g/mol. The molecule has 20 heavy (non-hydrogen) atoms. The van der Waals surface area contributed by atoms with Crippen LogP contribution >= 0.6 is 0 Å². The van der Waals surface area contributed by atoms with E-state index in [4.69, 9.17) is 0 Å². The zero-order chi connectivity index (χ0) is 14.8. The summed E-state index contributed by atoms with van der Waals surface area (Å²) >= 11 is 0. The van der Waals surface area contributed by atoms with Crippen molar-refractivity contribution in [2.24, 2.45) is 0 Å². The Labute approximate surface area is 112 Å². The number of aromatic nitrogens is 3. The number of aromatic amines is 1. The Balaban J connectivity index is 1.99. The molecule has 0 unspecified atom stereocenters. The molecule has 108 valence electrons. The van der Waals surface area contributed by atoms with Crippen molar-refractivity contribution in [3.05, 3.63) is 23.7 Å². The SMILES string of the molecule is Cc1cnc2[nH]cc(C(=O)NCCCC(F)(F)F)c2n1. The molecule has 0 bridgehead atoms. The summed E-state index contributed by atoms with van der Waals surface area (Å²) in [6, 6.07) is 0. The van der Waals surface area contributed by atoms with Crippen molar-refractivity contribution >= 4 is 17.1 Å². The smallest absolute Gasteiger partial charge is 0.352 e. The van der Waals surface area contributed by atoms with Crippen molar-refractivity contribution < 1.29 is 18.0 Å². The van der Waals surface area contributed by atoms with Gasteiger partial charge >= 0.3 is 6.18 Å². The number of alkyl halides is 3. The first kappa shape index (κ1) is 14.3. The first-order chi connectivity index (χ1) is 9.37. The average Bonchev–Trinajstić information content (AvgIpc) is 2.76. The first-order valence-corrected chi connectivity index (χ1v) is 6.02. The molecular weight excluding hydrogens is 273 g/mol. The van der Waals surface area contributed by atoms with E-state index < -0.39 is 18.5 Å². The molecule has 0 atom stereocenters. The predicted molar refractivity (Wildman–Crippen MR) is 66.2 cm³/mol. The molecule has 0 radical (unpaired) electrons. The summed E-state index contributed by atoms with van der Waals surface area (Å²) in [5, 5.41) is 2.44. The molecule has 2 aromatic rings. The van der Waals surface area contributed by atoms with Gasteiger partial charge < -0.3 is 10.3 Å². The van der Waals surface area contributed by atoms with Crippen LogP contribution in [0, 0.1) is 6.92 Å². The second kappa shape index (κ2) is 5.48. The van der Waals surface area contributed by atoms with Crippen LogP contribution in [0.1, 0.15) is 28.9 Å². The number of carbonyl (C=O) groups excluding carboxylic acids is 1. The summed E-state index contributed by atoms with van der Waals surface area (Å²) in [6.45, 7) is 1.70. The highest BCUT2D eigenvalue weighted by Gasteiger charge is 2.26. The van der Waals surface area contributed by atoms with Gasteiger partial charge in [0.25, 0.3) is 5.91 Å². The molecule has 2 heterocycles. The van der Waals surface area contributed by atoms with Gasteiger partial charge in [0.05, 0.1) is 17.5 Å². The van der Waals surface area contributed by atoms with Crippen molar-refractivity contribution in [2.45, 2.75) is 25.9 Å². The van der Waals surface area contributed by atoms with Crippen LogP contribution in [0.15, 0.2) is 12.4 Å². The highest BCUT2D eigenvalue weighted by molar-refractivity contribution is 6.04. The van der Waals surface area contributed by atoms with Gasteiger partial charge in [0.2, 0.25) is 0 Å². The highest BCUT2D eigenvalue weighted by atomic mass is 19.4. The normalized spacial score (nSPS) is 11.8. The van der Waals surface area contributed by atoms with Crippen molar-refractivity contribution in [3.8, 4) is 0 Å². The third kappa shape index (κ3) is 3.46. The molecule has 0 aliphatic rings. The Bertz CT molecular complexity index is 621. The van der Waals surface area contributed by atoms with Crippen LogP contribution in [-0.4, -0.2) is 33.6 Å². The maximum absolute atomic E-state index is 12.0. The van der Waals surface area contributed by atoms with Gasteiger partial charge in [-0.05, 0) is 13.3 Å². The fraction of sp³-hybridized carbons (Fsp3) is 0.417. The molecule has 1 amide bonds. The van der Waals surface area contributed by atoms with Crippen LogP contribution in [0.3, 0.4) is 0 Å². The molecule has 0 aromatic carbocycles. The standard InChI is InChI=1S/C12H13F3N4O/c1-7-5-17-10-9(19-7)8(6-18-10)11(20)16-4-2-3-12(13,14)15/h5-6H,2-4H2,1H3,(H,16,20)(H,17,18). The molecular formula is C12H13F3N4O. The van der Waals surface area contributed by atoms with E-state index in [0.29, 0.717) is 16.9 Å². The average molecular weight is 286 g/mol. The number of rotatable bonds is 4. The molecule has 0 aliphatic carbocycles. The van der Waals surface area contributed by atoms with E-state index in [-0.39, 0.29) is 18.5 Å². The Morgan fingerprint density at radius 1 is 1.45 bits per heavy atom. The number of aryl methyl sites for hydroxylation is 1. The molecule has 0 saturated heterocycles. The zero-order valence-electron chi connectivity index (χ0n) is 10.7. The number of amides is 1. The number of nitrogens with one attached hydrogen (secondary N) is 2. The number of fused-ring (bicyclic) bond motifs is 1. The third-order valence-corrected chi connectivity index (χ3v) is 2.67. The number of hydrogen-bond acceptors (Lipinski definition) is 3. The topological polar surface area (TPSA) is 70.7 Å². The molecule has 0 aliphatic heterocycles. The lowest BCUT2D eigenvalue weighted by Crippen LogP contribution is -2.25. The molecule has 2 N–H and O–H groups in total. The summed E-state index contributed by atoms with van der Waals surface area (Å²) in [6.07, 6.45) is -2.26. The summed E-state index contributed by atoms with van der Waals surface area (Å²) in [7, 11) is 0. The molecule has 0 spiro atoms. The molecule has 2 aromatic heterocycles. The fourth-order valence-corrected chi connectivity index (χ4v) is 1.74. The van der Waals surface area contributed by atoms with Gasteiger partial charge in [0.15, 0.2) is 5.65 Å². The number of hydrogen-bond donors (Lipinski definition) is 2. The Hall–Kier alpha value is -2.12. The zero-order valence-corrected chi connectivity index (χ0v) is 10.7. The minimum absolute atomic E-state index is 0.0374. The van der Waals surface area contributed by atoms with E-state index in [2.05, 4.69) is 20.3 Å². The van der Waals surface area contributed by atoms with Gasteiger partial charge in [-0.2, -0.15) is 13.2 Å². The van der Waals surface area contributed by atoms with E-state index in [1.807, 2.05) is 0 Å². The number of halogens is 3. The lowest BCUT2D eigenvalue weighted by atomic mass is 10.2. The first-order valence-electron chi connectivity index (χ1n) is 6.02. The van der Waals surface area contributed by atoms with E-state index in [1.54, 1.807) is 13.1 Å². The Kier molecular flexibility index (Phi) is 3.91. The summed E-state index contributed by atoms with van der Waals surface area (Å²) < 4.78 is 35.9. The number of carbonyl (C=O) groups is 1. The lowest BCUT2D eigenvalue weighted by molar-refractivity contribution is -0.135. The second-order valence-corrected chi connectivity index (χ2v) is 4.39. The predicted octanol–water partition coefficient (Wildman–Crippen LogP) is 2.34. The highest BCUT2D eigenvalue weighted by Crippen LogP contribution is 2.20. The lowest BCUT2D eigenvalue weighted by Gasteiger charge is -2.06. The van der Waals surface area contributed by atoms with Crippen LogP contribution in [0.2, 0.25) is 0 Å². The van der Waals surface area contributed by atoms with Crippen LogP contribution < -0.4 is 5.32 Å². The van der Waals surface area contributed by atoms with Crippen molar-refractivity contribution in [2.75, 3.05) is 6.54 Å². The van der Waals surface area contributed by atoms with Gasteiger partial charge in [-0.1, -0.05) is 0 Å². The van der Waals surface area contributed by atoms with Crippen LogP contribution in [0.4, 0.5) is 13.2 Å². The van der Waals surface area contributed by atoms with Crippen molar-refractivity contribution in [1.82, 2.24) is 20.3 Å². The molecule has 8 heteroatoms. The van der Waals surface area contributed by atoms with Crippen LogP contribution in [-0.2, 0) is 0 Å². The molecule has 0 fully saturated rings. The number of H-pyrrole nitrogens is 1.